The van der Waals surface area contributed by atoms with E-state index >= 15 is 0 Å². The lowest BCUT2D eigenvalue weighted by Crippen LogP contribution is -2.41. The predicted molar refractivity (Wildman–Crippen MR) is 120 cm³/mol. The minimum absolute atomic E-state index is 0.0729. The number of urea groups is 1. The summed E-state index contributed by atoms with van der Waals surface area (Å²) in [5.74, 6) is -0.976. The summed E-state index contributed by atoms with van der Waals surface area (Å²) in [6.07, 6.45) is 2.33. The van der Waals surface area contributed by atoms with Gasteiger partial charge in [0.2, 0.25) is 0 Å². The molecule has 2 aliphatic heterocycles. The van der Waals surface area contributed by atoms with Crippen LogP contribution in [0.5, 0.6) is 0 Å². The molecule has 1 aromatic heterocycles. The molecule has 168 valence electrons. The van der Waals surface area contributed by atoms with Crippen LogP contribution < -0.4 is 10.6 Å². The van der Waals surface area contributed by atoms with Gasteiger partial charge in [-0.1, -0.05) is 0 Å². The van der Waals surface area contributed by atoms with E-state index in [-0.39, 0.29) is 23.9 Å². The zero-order chi connectivity index (χ0) is 23.2. The normalized spacial score (nSPS) is 18.7. The number of amides is 4. The van der Waals surface area contributed by atoms with Crippen molar-refractivity contribution in [3.8, 4) is 0 Å². The molecule has 0 radical (unpaired) electrons. The SMILES string of the molecule is Cc1[nH]c(C=C2C(=O)Nc3ccc(F)cc32)c(C)c1C(=O)N[C@@H]1CCN(C(=O)N(C)C)C1. The second-order valence-electron chi connectivity index (χ2n) is 8.45. The minimum Gasteiger partial charge on any atom is -0.358 e. The Balaban J connectivity index is 1.55. The van der Waals surface area contributed by atoms with Crippen molar-refractivity contribution < 1.29 is 18.8 Å². The fourth-order valence-electron chi connectivity index (χ4n) is 4.30. The van der Waals surface area contributed by atoms with Crippen LogP contribution in [0.1, 0.15) is 39.3 Å². The number of nitrogens with zero attached hydrogens (tertiary/aromatic N) is 2. The van der Waals surface area contributed by atoms with E-state index in [0.717, 1.165) is 0 Å². The Morgan fingerprint density at radius 2 is 2.03 bits per heavy atom. The minimum atomic E-state index is -0.427. The lowest BCUT2D eigenvalue weighted by molar-refractivity contribution is -0.110. The van der Waals surface area contributed by atoms with Gasteiger partial charge in [-0.25, -0.2) is 9.18 Å². The fraction of sp³-hybridized carbons (Fsp3) is 0.348. The summed E-state index contributed by atoms with van der Waals surface area (Å²) in [7, 11) is 3.41. The first-order valence-corrected chi connectivity index (χ1v) is 10.4. The van der Waals surface area contributed by atoms with Crippen molar-refractivity contribution in [1.29, 1.82) is 0 Å². The molecule has 4 amide bonds. The fourth-order valence-corrected chi connectivity index (χ4v) is 4.30. The van der Waals surface area contributed by atoms with E-state index < -0.39 is 5.82 Å². The molecule has 3 heterocycles. The molecule has 1 saturated heterocycles. The third kappa shape index (κ3) is 3.86. The van der Waals surface area contributed by atoms with Crippen LogP contribution in [-0.2, 0) is 4.79 Å². The second kappa shape index (κ2) is 8.14. The van der Waals surface area contributed by atoms with E-state index in [1.807, 2.05) is 0 Å². The first-order valence-electron chi connectivity index (χ1n) is 10.4. The number of hydrogen-bond donors (Lipinski definition) is 3. The van der Waals surface area contributed by atoms with E-state index in [4.69, 9.17) is 0 Å². The van der Waals surface area contributed by atoms with Crippen LogP contribution in [0.2, 0.25) is 0 Å². The van der Waals surface area contributed by atoms with Crippen LogP contribution in [0.3, 0.4) is 0 Å². The first-order chi connectivity index (χ1) is 15.2. The number of likely N-dealkylation sites (tertiary alicyclic amines) is 1. The molecule has 0 aliphatic carbocycles. The van der Waals surface area contributed by atoms with Gasteiger partial charge in [-0.3, -0.25) is 9.59 Å². The number of anilines is 1. The number of aromatic amines is 1. The van der Waals surface area contributed by atoms with Gasteiger partial charge in [-0.05, 0) is 50.1 Å². The number of carbonyl (C=O) groups excluding carboxylic acids is 3. The van der Waals surface area contributed by atoms with E-state index in [9.17, 15) is 18.8 Å². The van der Waals surface area contributed by atoms with Crippen LogP contribution in [0.25, 0.3) is 11.6 Å². The van der Waals surface area contributed by atoms with Gasteiger partial charge < -0.3 is 25.4 Å². The van der Waals surface area contributed by atoms with Crippen LogP contribution in [0.15, 0.2) is 18.2 Å². The topological polar surface area (TPSA) is 97.5 Å². The summed E-state index contributed by atoms with van der Waals surface area (Å²) in [5.41, 5.74) is 3.87. The molecule has 3 N–H and O–H groups in total. The van der Waals surface area contributed by atoms with Crippen molar-refractivity contribution >= 4 is 35.2 Å². The van der Waals surface area contributed by atoms with Gasteiger partial charge in [0.15, 0.2) is 0 Å². The van der Waals surface area contributed by atoms with Crippen LogP contribution >= 0.6 is 0 Å². The van der Waals surface area contributed by atoms with Gasteiger partial charge in [-0.15, -0.1) is 0 Å². The van der Waals surface area contributed by atoms with Gasteiger partial charge in [-0.2, -0.15) is 0 Å². The summed E-state index contributed by atoms with van der Waals surface area (Å²) in [5, 5.41) is 5.74. The molecular formula is C23H26FN5O3. The zero-order valence-corrected chi connectivity index (χ0v) is 18.5. The molecule has 0 saturated carbocycles. The van der Waals surface area contributed by atoms with Crippen molar-refractivity contribution in [2.45, 2.75) is 26.3 Å². The maximum atomic E-state index is 13.7. The maximum Gasteiger partial charge on any atom is 0.319 e. The zero-order valence-electron chi connectivity index (χ0n) is 18.5. The van der Waals surface area contributed by atoms with Gasteiger partial charge >= 0.3 is 6.03 Å². The van der Waals surface area contributed by atoms with Gasteiger partial charge in [0.1, 0.15) is 5.82 Å². The number of fused-ring (bicyclic) bond motifs is 1. The highest BCUT2D eigenvalue weighted by atomic mass is 19.1. The Bertz CT molecular complexity index is 1150. The van der Waals surface area contributed by atoms with Crippen molar-refractivity contribution in [2.75, 3.05) is 32.5 Å². The van der Waals surface area contributed by atoms with Crippen molar-refractivity contribution in [1.82, 2.24) is 20.1 Å². The lowest BCUT2D eigenvalue weighted by Gasteiger charge is -2.21. The van der Waals surface area contributed by atoms with Crippen LogP contribution in [-0.4, -0.2) is 65.9 Å². The Labute approximate surface area is 185 Å². The predicted octanol–water partition coefficient (Wildman–Crippen LogP) is 2.75. The molecule has 0 bridgehead atoms. The van der Waals surface area contributed by atoms with Crippen molar-refractivity contribution in [2.24, 2.45) is 0 Å². The molecule has 32 heavy (non-hydrogen) atoms. The Morgan fingerprint density at radius 1 is 1.28 bits per heavy atom. The molecule has 1 aromatic carbocycles. The number of benzene rings is 1. The molecule has 0 unspecified atom stereocenters. The summed E-state index contributed by atoms with van der Waals surface area (Å²) in [6.45, 7) is 4.66. The number of rotatable bonds is 3. The lowest BCUT2D eigenvalue weighted by atomic mass is 10.0. The summed E-state index contributed by atoms with van der Waals surface area (Å²) < 4.78 is 13.7. The maximum absolute atomic E-state index is 13.7. The third-order valence-electron chi connectivity index (χ3n) is 5.93. The average Bonchev–Trinajstić information content (AvgIpc) is 3.38. The van der Waals surface area contributed by atoms with E-state index in [0.29, 0.717) is 58.8 Å². The molecule has 1 atom stereocenters. The van der Waals surface area contributed by atoms with Gasteiger partial charge in [0.05, 0.1) is 11.1 Å². The monoisotopic (exact) mass is 439 g/mol. The van der Waals surface area contributed by atoms with E-state index in [1.54, 1.807) is 38.9 Å². The summed E-state index contributed by atoms with van der Waals surface area (Å²) in [6, 6.07) is 3.94. The van der Waals surface area contributed by atoms with Crippen LogP contribution in [0, 0.1) is 19.7 Å². The number of halogens is 1. The molecule has 0 spiro atoms. The van der Waals surface area contributed by atoms with Crippen molar-refractivity contribution in [3.63, 3.8) is 0 Å². The largest absolute Gasteiger partial charge is 0.358 e. The Morgan fingerprint density at radius 3 is 2.75 bits per heavy atom. The molecule has 4 rings (SSSR count). The quantitative estimate of drug-likeness (QED) is 0.642. The number of aryl methyl sites for hydroxylation is 1. The number of carbonyl (C=O) groups is 3. The highest BCUT2D eigenvalue weighted by Gasteiger charge is 2.30. The molecule has 9 heteroatoms. The second-order valence-corrected chi connectivity index (χ2v) is 8.45. The number of aromatic nitrogens is 1. The smallest absolute Gasteiger partial charge is 0.319 e. The molecule has 1 fully saturated rings. The summed E-state index contributed by atoms with van der Waals surface area (Å²) in [4.78, 5) is 44.0. The summed E-state index contributed by atoms with van der Waals surface area (Å²) >= 11 is 0. The van der Waals surface area contributed by atoms with Gasteiger partial charge in [0, 0.05) is 55.9 Å². The standard InChI is InChI=1S/C23H26FN5O3/c1-12-19(10-17-16-9-14(24)5-6-18(16)27-21(17)30)25-13(2)20(12)22(31)26-15-7-8-29(11-15)23(32)28(3)4/h5-6,9-10,15,25H,7-8,11H2,1-4H3,(H,26,31)(H,27,30)/t15-/m1/s1. The highest BCUT2D eigenvalue weighted by Crippen LogP contribution is 2.34. The number of H-pyrrole nitrogens is 1. The molecular weight excluding hydrogens is 413 g/mol. The Kier molecular flexibility index (Phi) is 5.50. The molecule has 2 aliphatic rings. The van der Waals surface area contributed by atoms with E-state index in [1.165, 1.54) is 23.1 Å². The molecule has 8 nitrogen and oxygen atoms in total. The highest BCUT2D eigenvalue weighted by molar-refractivity contribution is 6.34. The van der Waals surface area contributed by atoms with Crippen molar-refractivity contribution in [3.05, 3.63) is 52.1 Å². The van der Waals surface area contributed by atoms with Crippen LogP contribution in [0.4, 0.5) is 14.9 Å². The Hall–Kier alpha value is -3.62. The van der Waals surface area contributed by atoms with E-state index in [2.05, 4.69) is 15.6 Å². The first kappa shape index (κ1) is 21.6. The molecule has 2 aromatic rings. The average molecular weight is 439 g/mol. The number of nitrogens with one attached hydrogen (secondary N) is 3. The number of hydrogen-bond acceptors (Lipinski definition) is 3. The van der Waals surface area contributed by atoms with Gasteiger partial charge in [0.25, 0.3) is 11.8 Å². The third-order valence-corrected chi connectivity index (χ3v) is 5.93.